The number of amides is 1. The van der Waals surface area contributed by atoms with Crippen LogP contribution in [0.3, 0.4) is 0 Å². The molecule has 5 heteroatoms. The van der Waals surface area contributed by atoms with Crippen LogP contribution < -0.4 is 16.6 Å². The van der Waals surface area contributed by atoms with E-state index in [2.05, 4.69) is 10.7 Å². The zero-order valence-corrected chi connectivity index (χ0v) is 10.0. The van der Waals surface area contributed by atoms with Crippen LogP contribution in [0, 0.1) is 0 Å². The first-order valence-electron chi connectivity index (χ1n) is 5.72. The SMILES string of the molecule is CCCCOC(=O)Nc1ccc(CNN)cc1. The number of ether oxygens (including phenoxy) is 1. The number of unbranched alkanes of at least 4 members (excludes halogenated alkanes) is 1. The Bertz CT molecular complexity index is 338. The molecule has 1 aromatic rings. The molecule has 4 N–H and O–H groups in total. The van der Waals surface area contributed by atoms with E-state index >= 15 is 0 Å². The molecule has 17 heavy (non-hydrogen) atoms. The number of carbonyl (C=O) groups is 1. The molecule has 0 aliphatic heterocycles. The van der Waals surface area contributed by atoms with Gasteiger partial charge in [0.05, 0.1) is 6.61 Å². The van der Waals surface area contributed by atoms with Gasteiger partial charge in [-0.2, -0.15) is 0 Å². The summed E-state index contributed by atoms with van der Waals surface area (Å²) in [5.74, 6) is 5.21. The molecule has 0 fully saturated rings. The van der Waals surface area contributed by atoms with E-state index in [1.54, 1.807) is 0 Å². The molecule has 0 aliphatic carbocycles. The van der Waals surface area contributed by atoms with Gasteiger partial charge in [-0.05, 0) is 24.1 Å². The minimum Gasteiger partial charge on any atom is -0.449 e. The average Bonchev–Trinajstić information content (AvgIpc) is 2.32. The van der Waals surface area contributed by atoms with E-state index in [1.807, 2.05) is 31.2 Å². The molecule has 5 nitrogen and oxygen atoms in total. The highest BCUT2D eigenvalue weighted by atomic mass is 16.5. The van der Waals surface area contributed by atoms with Crippen LogP contribution >= 0.6 is 0 Å². The quantitative estimate of drug-likeness (QED) is 0.402. The van der Waals surface area contributed by atoms with E-state index in [9.17, 15) is 4.79 Å². The van der Waals surface area contributed by atoms with Gasteiger partial charge < -0.3 is 4.74 Å². The van der Waals surface area contributed by atoms with Crippen molar-refractivity contribution in [2.75, 3.05) is 11.9 Å². The maximum atomic E-state index is 11.3. The molecular weight excluding hydrogens is 218 g/mol. The third kappa shape index (κ3) is 5.33. The van der Waals surface area contributed by atoms with Gasteiger partial charge in [-0.1, -0.05) is 25.5 Å². The number of nitrogens with two attached hydrogens (primary N) is 1. The van der Waals surface area contributed by atoms with E-state index in [-0.39, 0.29) is 0 Å². The number of benzene rings is 1. The van der Waals surface area contributed by atoms with Crippen molar-refractivity contribution in [2.45, 2.75) is 26.3 Å². The van der Waals surface area contributed by atoms with Crippen LogP contribution in [-0.2, 0) is 11.3 Å². The van der Waals surface area contributed by atoms with Gasteiger partial charge >= 0.3 is 6.09 Å². The summed E-state index contributed by atoms with van der Waals surface area (Å²) < 4.78 is 4.98. The molecule has 0 unspecified atom stereocenters. The van der Waals surface area contributed by atoms with Crippen LogP contribution in [0.5, 0.6) is 0 Å². The Balaban J connectivity index is 2.37. The van der Waals surface area contributed by atoms with Gasteiger partial charge in [0.25, 0.3) is 0 Å². The van der Waals surface area contributed by atoms with Gasteiger partial charge in [0.1, 0.15) is 0 Å². The summed E-state index contributed by atoms with van der Waals surface area (Å²) in [6, 6.07) is 7.41. The number of hydrogen-bond donors (Lipinski definition) is 3. The van der Waals surface area contributed by atoms with Crippen LogP contribution in [0.1, 0.15) is 25.3 Å². The standard InChI is InChI=1S/C12H19N3O2/c1-2-3-8-17-12(16)15-11-6-4-10(5-7-11)9-14-13/h4-7,14H,2-3,8-9,13H2,1H3,(H,15,16). The zero-order valence-electron chi connectivity index (χ0n) is 10.0. The summed E-state index contributed by atoms with van der Waals surface area (Å²) in [4.78, 5) is 11.3. The van der Waals surface area contributed by atoms with Crippen LogP contribution in [-0.4, -0.2) is 12.7 Å². The summed E-state index contributed by atoms with van der Waals surface area (Å²) in [7, 11) is 0. The number of carbonyl (C=O) groups excluding carboxylic acids is 1. The first kappa shape index (κ1) is 13.5. The van der Waals surface area contributed by atoms with Crippen molar-refractivity contribution >= 4 is 11.8 Å². The Morgan fingerprint density at radius 2 is 2.06 bits per heavy atom. The van der Waals surface area contributed by atoms with Crippen molar-refractivity contribution in [3.63, 3.8) is 0 Å². The van der Waals surface area contributed by atoms with Crippen LogP contribution in [0.2, 0.25) is 0 Å². The van der Waals surface area contributed by atoms with E-state index in [1.165, 1.54) is 0 Å². The van der Waals surface area contributed by atoms with Crippen molar-refractivity contribution in [3.05, 3.63) is 29.8 Å². The lowest BCUT2D eigenvalue weighted by Crippen LogP contribution is -2.20. The molecule has 0 saturated heterocycles. The van der Waals surface area contributed by atoms with Crippen LogP contribution in [0.4, 0.5) is 10.5 Å². The fraction of sp³-hybridized carbons (Fsp3) is 0.417. The Morgan fingerprint density at radius 3 is 2.65 bits per heavy atom. The fourth-order valence-electron chi connectivity index (χ4n) is 1.29. The monoisotopic (exact) mass is 237 g/mol. The topological polar surface area (TPSA) is 76.4 Å². The maximum absolute atomic E-state index is 11.3. The summed E-state index contributed by atoms with van der Waals surface area (Å²) in [6.45, 7) is 3.10. The predicted molar refractivity (Wildman–Crippen MR) is 67.3 cm³/mol. The number of hydrazine groups is 1. The molecule has 0 saturated carbocycles. The van der Waals surface area contributed by atoms with Crippen LogP contribution in [0.15, 0.2) is 24.3 Å². The van der Waals surface area contributed by atoms with Gasteiger partial charge in [-0.25, -0.2) is 4.79 Å². The van der Waals surface area contributed by atoms with Gasteiger partial charge in [0.15, 0.2) is 0 Å². The van der Waals surface area contributed by atoms with Crippen molar-refractivity contribution < 1.29 is 9.53 Å². The molecule has 0 aromatic heterocycles. The second-order valence-electron chi connectivity index (χ2n) is 3.69. The third-order valence-corrected chi connectivity index (χ3v) is 2.24. The largest absolute Gasteiger partial charge is 0.449 e. The summed E-state index contributed by atoms with van der Waals surface area (Å²) in [5, 5.41) is 2.66. The van der Waals surface area contributed by atoms with Crippen molar-refractivity contribution in [1.82, 2.24) is 5.43 Å². The molecule has 1 rings (SSSR count). The molecule has 0 bridgehead atoms. The normalized spacial score (nSPS) is 10.0. The first-order chi connectivity index (χ1) is 8.26. The van der Waals surface area contributed by atoms with Gasteiger partial charge in [-0.3, -0.25) is 16.6 Å². The smallest absolute Gasteiger partial charge is 0.411 e. The predicted octanol–water partition coefficient (Wildman–Crippen LogP) is 2.00. The Labute approximate surface area is 101 Å². The Kier molecular flexibility index (Phi) is 6.06. The molecule has 0 heterocycles. The lowest BCUT2D eigenvalue weighted by atomic mass is 10.2. The number of nitrogens with one attached hydrogen (secondary N) is 2. The highest BCUT2D eigenvalue weighted by Gasteiger charge is 2.02. The second-order valence-corrected chi connectivity index (χ2v) is 3.69. The van der Waals surface area contributed by atoms with Gasteiger partial charge in [0, 0.05) is 12.2 Å². The Hall–Kier alpha value is -1.59. The van der Waals surface area contributed by atoms with Crippen LogP contribution in [0.25, 0.3) is 0 Å². The molecule has 0 radical (unpaired) electrons. The van der Waals surface area contributed by atoms with Gasteiger partial charge in [0.2, 0.25) is 0 Å². The average molecular weight is 237 g/mol. The third-order valence-electron chi connectivity index (χ3n) is 2.24. The van der Waals surface area contributed by atoms with E-state index < -0.39 is 6.09 Å². The number of rotatable bonds is 6. The zero-order chi connectivity index (χ0) is 12.5. The van der Waals surface area contributed by atoms with E-state index in [4.69, 9.17) is 10.6 Å². The molecule has 94 valence electrons. The number of hydrogen-bond acceptors (Lipinski definition) is 4. The minimum absolute atomic E-state index is 0.414. The molecule has 0 aliphatic rings. The second kappa shape index (κ2) is 7.65. The maximum Gasteiger partial charge on any atom is 0.411 e. The molecule has 1 aromatic carbocycles. The lowest BCUT2D eigenvalue weighted by molar-refractivity contribution is 0.160. The minimum atomic E-state index is -0.414. The highest BCUT2D eigenvalue weighted by Crippen LogP contribution is 2.09. The van der Waals surface area contributed by atoms with Gasteiger partial charge in [-0.15, -0.1) is 0 Å². The first-order valence-corrected chi connectivity index (χ1v) is 5.72. The molecule has 0 atom stereocenters. The molecular formula is C12H19N3O2. The van der Waals surface area contributed by atoms with Crippen molar-refractivity contribution in [2.24, 2.45) is 5.84 Å². The van der Waals surface area contributed by atoms with E-state index in [0.717, 1.165) is 18.4 Å². The lowest BCUT2D eigenvalue weighted by Gasteiger charge is -2.07. The molecule has 1 amide bonds. The number of anilines is 1. The summed E-state index contributed by atoms with van der Waals surface area (Å²) in [5.41, 5.74) is 4.33. The van der Waals surface area contributed by atoms with E-state index in [0.29, 0.717) is 18.8 Å². The highest BCUT2D eigenvalue weighted by molar-refractivity contribution is 5.84. The Morgan fingerprint density at radius 1 is 1.35 bits per heavy atom. The van der Waals surface area contributed by atoms with Crippen molar-refractivity contribution in [3.8, 4) is 0 Å². The van der Waals surface area contributed by atoms with Crippen molar-refractivity contribution in [1.29, 1.82) is 0 Å². The summed E-state index contributed by atoms with van der Waals surface area (Å²) >= 11 is 0. The fourth-order valence-corrected chi connectivity index (χ4v) is 1.29. The molecule has 0 spiro atoms. The summed E-state index contributed by atoms with van der Waals surface area (Å²) in [6.07, 6.45) is 1.48.